The molecule has 0 saturated carbocycles. The largest absolute Gasteiger partial charge is 0.355 e. The molecule has 1 aliphatic heterocycles. The lowest BCUT2D eigenvalue weighted by Gasteiger charge is -2.31. The first kappa shape index (κ1) is 14.5. The van der Waals surface area contributed by atoms with E-state index in [1.807, 2.05) is 6.92 Å². The van der Waals surface area contributed by atoms with Crippen molar-refractivity contribution >= 4 is 28.8 Å². The molecule has 1 saturated heterocycles. The summed E-state index contributed by atoms with van der Waals surface area (Å²) < 4.78 is 0. The van der Waals surface area contributed by atoms with Crippen molar-refractivity contribution < 1.29 is 0 Å². The number of aromatic nitrogens is 3. The summed E-state index contributed by atoms with van der Waals surface area (Å²) in [5.74, 6) is 1.86. The second-order valence-corrected chi connectivity index (χ2v) is 6.72. The van der Waals surface area contributed by atoms with E-state index >= 15 is 0 Å². The summed E-state index contributed by atoms with van der Waals surface area (Å²) in [7, 11) is 0. The van der Waals surface area contributed by atoms with E-state index in [-0.39, 0.29) is 10.6 Å². The third kappa shape index (κ3) is 2.82. The Morgan fingerprint density at radius 1 is 1.43 bits per heavy atom. The quantitative estimate of drug-likeness (QED) is 0.922. The number of halogens is 1. The van der Waals surface area contributed by atoms with Crippen molar-refractivity contribution in [3.8, 4) is 10.7 Å². The molecule has 2 aromatic rings. The number of hydrogen-bond donors (Lipinski definition) is 1. The Labute approximate surface area is 132 Å². The molecule has 3 heterocycles. The summed E-state index contributed by atoms with van der Waals surface area (Å²) in [4.78, 5) is 26.7. The van der Waals surface area contributed by atoms with Crippen LogP contribution in [-0.4, -0.2) is 28.0 Å². The molecule has 0 aliphatic carbocycles. The van der Waals surface area contributed by atoms with E-state index in [0.29, 0.717) is 17.6 Å². The lowest BCUT2D eigenvalue weighted by molar-refractivity contribution is 0.436. The Morgan fingerprint density at radius 3 is 2.76 bits per heavy atom. The van der Waals surface area contributed by atoms with Gasteiger partial charge in [0.15, 0.2) is 11.6 Å². The van der Waals surface area contributed by atoms with Gasteiger partial charge in [-0.15, -0.1) is 11.3 Å². The van der Waals surface area contributed by atoms with Gasteiger partial charge in [-0.05, 0) is 25.7 Å². The summed E-state index contributed by atoms with van der Waals surface area (Å²) in [5, 5.41) is 0.176. The molecule has 1 N–H and O–H groups in total. The lowest BCUT2D eigenvalue weighted by Crippen LogP contribution is -2.34. The van der Waals surface area contributed by atoms with Gasteiger partial charge in [0, 0.05) is 13.1 Å². The van der Waals surface area contributed by atoms with E-state index in [1.165, 1.54) is 11.3 Å². The van der Waals surface area contributed by atoms with Crippen LogP contribution in [-0.2, 0) is 0 Å². The van der Waals surface area contributed by atoms with Gasteiger partial charge in [-0.2, -0.15) is 0 Å². The highest BCUT2D eigenvalue weighted by molar-refractivity contribution is 7.13. The monoisotopic (exact) mass is 324 g/mol. The van der Waals surface area contributed by atoms with Crippen molar-refractivity contribution in [1.82, 2.24) is 15.0 Å². The smallest absolute Gasteiger partial charge is 0.272 e. The van der Waals surface area contributed by atoms with Crippen LogP contribution in [0.3, 0.4) is 0 Å². The van der Waals surface area contributed by atoms with Crippen LogP contribution < -0.4 is 10.5 Å². The van der Waals surface area contributed by atoms with Crippen LogP contribution in [0.2, 0.25) is 5.02 Å². The summed E-state index contributed by atoms with van der Waals surface area (Å²) in [6.45, 7) is 5.93. The second kappa shape index (κ2) is 5.77. The van der Waals surface area contributed by atoms with Crippen LogP contribution in [0, 0.1) is 12.8 Å². The first-order chi connectivity index (χ1) is 10.1. The van der Waals surface area contributed by atoms with Gasteiger partial charge in [-0.1, -0.05) is 18.5 Å². The van der Waals surface area contributed by atoms with Gasteiger partial charge < -0.3 is 9.88 Å². The third-order valence-corrected chi connectivity index (χ3v) is 5.17. The van der Waals surface area contributed by atoms with Crippen molar-refractivity contribution in [2.24, 2.45) is 5.92 Å². The summed E-state index contributed by atoms with van der Waals surface area (Å²) in [5.41, 5.74) is 2.33. The van der Waals surface area contributed by atoms with Gasteiger partial charge in [0.05, 0.1) is 16.1 Å². The second-order valence-electron chi connectivity index (χ2n) is 5.49. The number of anilines is 1. The highest BCUT2D eigenvalue weighted by Crippen LogP contribution is 2.29. The van der Waals surface area contributed by atoms with Crippen molar-refractivity contribution in [2.75, 3.05) is 18.0 Å². The molecular formula is C14H17ClN4OS. The van der Waals surface area contributed by atoms with Crippen LogP contribution in [0.15, 0.2) is 10.3 Å². The van der Waals surface area contributed by atoms with Crippen molar-refractivity contribution in [2.45, 2.75) is 26.7 Å². The van der Waals surface area contributed by atoms with Crippen LogP contribution in [0.25, 0.3) is 10.7 Å². The maximum Gasteiger partial charge on any atom is 0.272 e. The zero-order chi connectivity index (χ0) is 15.0. The average Bonchev–Trinajstić information content (AvgIpc) is 2.89. The maximum atomic E-state index is 12.1. The first-order valence-electron chi connectivity index (χ1n) is 7.01. The molecule has 0 unspecified atom stereocenters. The van der Waals surface area contributed by atoms with E-state index < -0.39 is 0 Å². The Balaban J connectivity index is 2.02. The van der Waals surface area contributed by atoms with Gasteiger partial charge in [0.1, 0.15) is 5.02 Å². The standard InChI is InChI=1S/C14H17ClN4OS/c1-8-3-5-19(6-4-8)13-10(15)14(20)18-12(17-13)11-9(2)16-7-21-11/h7-8H,3-6H2,1-2H3,(H,17,18,20). The molecule has 21 heavy (non-hydrogen) atoms. The lowest BCUT2D eigenvalue weighted by atomic mass is 9.99. The topological polar surface area (TPSA) is 61.9 Å². The molecule has 7 heteroatoms. The number of piperidine rings is 1. The van der Waals surface area contributed by atoms with E-state index in [4.69, 9.17) is 11.6 Å². The van der Waals surface area contributed by atoms with Gasteiger partial charge in [0.25, 0.3) is 5.56 Å². The molecule has 2 aromatic heterocycles. The van der Waals surface area contributed by atoms with E-state index in [1.54, 1.807) is 5.51 Å². The fourth-order valence-corrected chi connectivity index (χ4v) is 3.47. The zero-order valence-electron chi connectivity index (χ0n) is 12.0. The fraction of sp³-hybridized carbons (Fsp3) is 0.500. The molecular weight excluding hydrogens is 308 g/mol. The van der Waals surface area contributed by atoms with E-state index in [0.717, 1.165) is 36.5 Å². The SMILES string of the molecule is Cc1ncsc1-c1nc(N2CCC(C)CC2)c(Cl)c(=O)[nH]1. The molecule has 5 nitrogen and oxygen atoms in total. The summed E-state index contributed by atoms with van der Waals surface area (Å²) >= 11 is 7.64. The number of hydrogen-bond acceptors (Lipinski definition) is 5. The number of thiazole rings is 1. The number of nitrogens with zero attached hydrogens (tertiary/aromatic N) is 3. The Morgan fingerprint density at radius 2 is 2.14 bits per heavy atom. The van der Waals surface area contributed by atoms with Crippen LogP contribution >= 0.6 is 22.9 Å². The molecule has 0 bridgehead atoms. The first-order valence-corrected chi connectivity index (χ1v) is 8.27. The third-order valence-electron chi connectivity index (χ3n) is 3.89. The number of aromatic amines is 1. The minimum Gasteiger partial charge on any atom is -0.355 e. The van der Waals surface area contributed by atoms with Crippen molar-refractivity contribution in [3.63, 3.8) is 0 Å². The Hall–Kier alpha value is -1.40. The number of H-pyrrole nitrogens is 1. The highest BCUT2D eigenvalue weighted by atomic mass is 35.5. The Kier molecular flexibility index (Phi) is 3.99. The predicted octanol–water partition coefficient (Wildman–Crippen LogP) is 3.09. The number of aryl methyl sites for hydroxylation is 1. The molecule has 112 valence electrons. The van der Waals surface area contributed by atoms with Gasteiger partial charge >= 0.3 is 0 Å². The predicted molar refractivity (Wildman–Crippen MR) is 86.3 cm³/mol. The van der Waals surface area contributed by atoms with Crippen molar-refractivity contribution in [1.29, 1.82) is 0 Å². The number of nitrogens with one attached hydrogen (secondary N) is 1. The summed E-state index contributed by atoms with van der Waals surface area (Å²) in [6, 6.07) is 0. The zero-order valence-corrected chi connectivity index (χ0v) is 13.6. The molecule has 0 amide bonds. The van der Waals surface area contributed by atoms with Gasteiger partial charge in [-0.3, -0.25) is 4.79 Å². The minimum atomic E-state index is -0.289. The molecule has 0 spiro atoms. The van der Waals surface area contributed by atoms with Crippen LogP contribution in [0.5, 0.6) is 0 Å². The molecule has 0 radical (unpaired) electrons. The van der Waals surface area contributed by atoms with E-state index in [2.05, 4.69) is 26.8 Å². The molecule has 1 fully saturated rings. The van der Waals surface area contributed by atoms with Gasteiger partial charge in [-0.25, -0.2) is 9.97 Å². The van der Waals surface area contributed by atoms with Gasteiger partial charge in [0.2, 0.25) is 0 Å². The molecule has 3 rings (SSSR count). The molecule has 0 atom stereocenters. The van der Waals surface area contributed by atoms with E-state index in [9.17, 15) is 4.79 Å². The average molecular weight is 325 g/mol. The highest BCUT2D eigenvalue weighted by Gasteiger charge is 2.22. The Bertz CT molecular complexity index is 703. The normalized spacial score (nSPS) is 16.4. The number of rotatable bonds is 2. The fourth-order valence-electron chi connectivity index (χ4n) is 2.51. The van der Waals surface area contributed by atoms with Crippen LogP contribution in [0.4, 0.5) is 5.82 Å². The minimum absolute atomic E-state index is 0.176. The van der Waals surface area contributed by atoms with Crippen molar-refractivity contribution in [3.05, 3.63) is 26.6 Å². The molecule has 1 aliphatic rings. The molecule has 0 aromatic carbocycles. The maximum absolute atomic E-state index is 12.1. The van der Waals surface area contributed by atoms with Crippen LogP contribution in [0.1, 0.15) is 25.5 Å². The summed E-state index contributed by atoms with van der Waals surface area (Å²) in [6.07, 6.45) is 2.19.